The monoisotopic (exact) mass is 544 g/mol. The lowest BCUT2D eigenvalue weighted by molar-refractivity contribution is -0.153. The molecule has 1 aromatic rings. The number of thioether (sulfide) groups is 1. The van der Waals surface area contributed by atoms with Gasteiger partial charge in [0.1, 0.15) is 12.9 Å². The zero-order chi connectivity index (χ0) is 26.4. The number of piperazine rings is 1. The molecule has 0 unspecified atom stereocenters. The van der Waals surface area contributed by atoms with E-state index in [1.807, 2.05) is 22.9 Å². The van der Waals surface area contributed by atoms with Crippen molar-refractivity contribution in [1.82, 2.24) is 50.9 Å². The van der Waals surface area contributed by atoms with Crippen molar-refractivity contribution in [3.8, 4) is 0 Å². The van der Waals surface area contributed by atoms with Crippen molar-refractivity contribution in [2.24, 2.45) is 11.8 Å². The van der Waals surface area contributed by atoms with Crippen LogP contribution in [0.5, 0.6) is 0 Å². The third kappa shape index (κ3) is 4.82. The molecule has 0 saturated carbocycles. The first-order valence-corrected chi connectivity index (χ1v) is 14.4. The van der Waals surface area contributed by atoms with Crippen LogP contribution >= 0.6 is 11.8 Å². The van der Waals surface area contributed by atoms with E-state index >= 15 is 0 Å². The van der Waals surface area contributed by atoms with Gasteiger partial charge in [0.2, 0.25) is 17.7 Å². The first-order valence-electron chi connectivity index (χ1n) is 13.6. The second-order valence-electron chi connectivity index (χ2n) is 11.1. The molecule has 0 spiro atoms. The highest BCUT2D eigenvalue weighted by molar-refractivity contribution is 8.03. The predicted octanol–water partition coefficient (Wildman–Crippen LogP) is -1.92. The number of carbonyl (C=O) groups excluding carboxylic acids is 3. The van der Waals surface area contributed by atoms with Crippen molar-refractivity contribution in [3.63, 3.8) is 0 Å². The minimum atomic E-state index is -0.288. The van der Waals surface area contributed by atoms with E-state index in [4.69, 9.17) is 0 Å². The van der Waals surface area contributed by atoms with Crippen LogP contribution in [-0.4, -0.2) is 128 Å². The van der Waals surface area contributed by atoms with Gasteiger partial charge in [-0.3, -0.25) is 19.3 Å². The molecule has 0 radical (unpaired) electrons. The Morgan fingerprint density at radius 2 is 2.00 bits per heavy atom. The number of tetrazole rings is 1. The molecule has 5 aliphatic rings. The van der Waals surface area contributed by atoms with Gasteiger partial charge in [-0.05, 0) is 23.8 Å². The highest BCUT2D eigenvalue weighted by Crippen LogP contribution is 2.48. The van der Waals surface area contributed by atoms with Gasteiger partial charge in [0.05, 0.1) is 18.0 Å². The molecule has 0 aliphatic carbocycles. The normalized spacial score (nSPS) is 32.4. The molecule has 5 aliphatic heterocycles. The summed E-state index contributed by atoms with van der Waals surface area (Å²) in [6, 6.07) is 0.253. The largest absolute Gasteiger partial charge is 0.351 e. The summed E-state index contributed by atoms with van der Waals surface area (Å²) in [4.78, 5) is 46.0. The van der Waals surface area contributed by atoms with Gasteiger partial charge in [-0.15, -0.1) is 16.9 Å². The van der Waals surface area contributed by atoms with Gasteiger partial charge >= 0.3 is 0 Å². The van der Waals surface area contributed by atoms with Crippen molar-refractivity contribution in [2.75, 3.05) is 45.8 Å². The maximum absolute atomic E-state index is 13.2. The van der Waals surface area contributed by atoms with Crippen molar-refractivity contribution in [3.05, 3.63) is 17.4 Å². The fourth-order valence-corrected chi connectivity index (χ4v) is 7.73. The summed E-state index contributed by atoms with van der Waals surface area (Å²) < 4.78 is 1.35. The van der Waals surface area contributed by atoms with Crippen LogP contribution in [-0.2, 0) is 20.9 Å². The summed E-state index contributed by atoms with van der Waals surface area (Å²) in [5, 5.41) is 20.8. The molecule has 0 bridgehead atoms. The van der Waals surface area contributed by atoms with Crippen LogP contribution in [0.4, 0.5) is 0 Å². The van der Waals surface area contributed by atoms with Gasteiger partial charge in [-0.1, -0.05) is 6.92 Å². The van der Waals surface area contributed by atoms with Crippen LogP contribution in [0.3, 0.4) is 0 Å². The highest BCUT2D eigenvalue weighted by Gasteiger charge is 2.56. The van der Waals surface area contributed by atoms with Crippen LogP contribution < -0.4 is 16.0 Å². The molecule has 13 nitrogen and oxygen atoms in total. The van der Waals surface area contributed by atoms with E-state index in [-0.39, 0.29) is 54.2 Å². The van der Waals surface area contributed by atoms with Crippen LogP contribution in [0.15, 0.2) is 17.4 Å². The number of amides is 3. The molecular weight excluding hydrogens is 508 g/mol. The Hall–Kier alpha value is -2.55. The fourth-order valence-electron chi connectivity index (χ4n) is 6.35. The van der Waals surface area contributed by atoms with Crippen LogP contribution in [0.2, 0.25) is 0 Å². The van der Waals surface area contributed by atoms with E-state index in [1.54, 1.807) is 11.8 Å². The van der Waals surface area contributed by atoms with Gasteiger partial charge in [0.15, 0.2) is 0 Å². The zero-order valence-electron chi connectivity index (χ0n) is 21.8. The number of nitrogens with one attached hydrogen (secondary N) is 3. The van der Waals surface area contributed by atoms with Crippen molar-refractivity contribution in [2.45, 2.75) is 56.2 Å². The fraction of sp³-hybridized carbons (Fsp3) is 0.750. The Labute approximate surface area is 226 Å². The Bertz CT molecular complexity index is 1090. The van der Waals surface area contributed by atoms with E-state index in [2.05, 4.69) is 43.3 Å². The van der Waals surface area contributed by atoms with Gasteiger partial charge in [0.25, 0.3) is 0 Å². The van der Waals surface area contributed by atoms with E-state index in [0.717, 1.165) is 52.2 Å². The molecule has 4 saturated heterocycles. The average Bonchev–Trinajstić information content (AvgIpc) is 3.60. The number of carbonyl (C=O) groups is 3. The Balaban J connectivity index is 0.977. The number of nitrogens with zero attached hydrogens (tertiary/aromatic N) is 7. The zero-order valence-corrected chi connectivity index (χ0v) is 22.6. The number of aromatic nitrogens is 4. The maximum atomic E-state index is 13.2. The molecule has 14 heteroatoms. The van der Waals surface area contributed by atoms with Crippen LogP contribution in [0.1, 0.15) is 20.3 Å². The second kappa shape index (κ2) is 10.5. The maximum Gasteiger partial charge on any atom is 0.242 e. The van der Waals surface area contributed by atoms with Gasteiger partial charge in [0, 0.05) is 80.2 Å². The minimum Gasteiger partial charge on any atom is -0.351 e. The first kappa shape index (κ1) is 25.7. The second-order valence-corrected chi connectivity index (χ2v) is 12.4. The van der Waals surface area contributed by atoms with E-state index in [1.165, 1.54) is 15.9 Å². The standard InChI is InChI=1S/C24H36N10O3S/c1-14-19(11-34-22(14)21(24(34)37)15(2)28-20(35)12-33-13-27-29-30-33)38-17-7-18(26-10-17)23(36)32-5-3-31(4-6-32)16-8-25-9-16/h11,13-18,21-22,25-26H,3-10,12H2,1-2H3,(H,28,35)/t14-,15+,17-,18-,21+,22+/m0/s1. The predicted molar refractivity (Wildman–Crippen MR) is 139 cm³/mol. The molecule has 6 rings (SSSR count). The molecule has 206 valence electrons. The third-order valence-electron chi connectivity index (χ3n) is 8.67. The minimum absolute atomic E-state index is 0.0176. The smallest absolute Gasteiger partial charge is 0.242 e. The Morgan fingerprint density at radius 1 is 1.21 bits per heavy atom. The topological polar surface area (TPSA) is 141 Å². The average molecular weight is 545 g/mol. The highest BCUT2D eigenvalue weighted by atomic mass is 32.2. The van der Waals surface area contributed by atoms with Crippen molar-refractivity contribution in [1.29, 1.82) is 0 Å². The molecule has 3 amide bonds. The lowest BCUT2D eigenvalue weighted by Gasteiger charge is -2.46. The molecule has 3 N–H and O–H groups in total. The van der Waals surface area contributed by atoms with Crippen molar-refractivity contribution < 1.29 is 14.4 Å². The van der Waals surface area contributed by atoms with Crippen molar-refractivity contribution >= 4 is 29.5 Å². The van der Waals surface area contributed by atoms with E-state index in [9.17, 15) is 14.4 Å². The quantitative estimate of drug-likeness (QED) is 0.317. The van der Waals surface area contributed by atoms with E-state index < -0.39 is 0 Å². The first-order chi connectivity index (χ1) is 18.4. The summed E-state index contributed by atoms with van der Waals surface area (Å²) >= 11 is 1.79. The van der Waals surface area contributed by atoms with Gasteiger partial charge in [-0.25, -0.2) is 4.68 Å². The SMILES string of the molecule is C[C@@H](NC(=O)Cn1cnnn1)[C@H]1C(=O)N2C=C(S[C@@H]3CN[C@H](C(=O)N4CCN(C5CNC5)CC4)C3)[C@H](C)[C@H]12. The summed E-state index contributed by atoms with van der Waals surface area (Å²) in [5.74, 6) is -0.0354. The van der Waals surface area contributed by atoms with Crippen LogP contribution in [0, 0.1) is 11.8 Å². The van der Waals surface area contributed by atoms with E-state index in [0.29, 0.717) is 11.3 Å². The molecule has 4 fully saturated rings. The van der Waals surface area contributed by atoms with Gasteiger partial charge < -0.3 is 25.8 Å². The third-order valence-corrected chi connectivity index (χ3v) is 10.1. The lowest BCUT2D eigenvalue weighted by Crippen LogP contribution is -2.64. The summed E-state index contributed by atoms with van der Waals surface area (Å²) in [6.07, 6.45) is 4.17. The lowest BCUT2D eigenvalue weighted by atomic mass is 9.78. The number of hydrogen-bond acceptors (Lipinski definition) is 10. The number of rotatable bonds is 8. The molecule has 0 aromatic carbocycles. The number of hydrogen-bond donors (Lipinski definition) is 3. The van der Waals surface area contributed by atoms with Crippen LogP contribution in [0.25, 0.3) is 0 Å². The molecule has 38 heavy (non-hydrogen) atoms. The summed E-state index contributed by atoms with van der Waals surface area (Å²) in [5.41, 5.74) is 0. The molecule has 6 heterocycles. The molecule has 6 atom stereocenters. The summed E-state index contributed by atoms with van der Waals surface area (Å²) in [7, 11) is 0. The number of fused-ring (bicyclic) bond motifs is 1. The van der Waals surface area contributed by atoms with Gasteiger partial charge in [-0.2, -0.15) is 0 Å². The Kier molecular flexibility index (Phi) is 7.14. The summed E-state index contributed by atoms with van der Waals surface area (Å²) in [6.45, 7) is 10.5. The molecular formula is C24H36N10O3S. The Morgan fingerprint density at radius 3 is 2.68 bits per heavy atom. The molecule has 1 aromatic heterocycles. The number of β-lactam (4-membered cyclic amide) rings is 1.